The van der Waals surface area contributed by atoms with E-state index in [0.717, 1.165) is 18.9 Å². The topological polar surface area (TPSA) is 110 Å². The number of halogens is 1. The number of Topliss-reactive ketones (excluding diaryl/α,β-unsaturated/α-hetero) is 1. The fourth-order valence-corrected chi connectivity index (χ4v) is 4.91. The van der Waals surface area contributed by atoms with E-state index in [1.165, 1.54) is 35.7 Å². The van der Waals surface area contributed by atoms with E-state index in [4.69, 9.17) is 4.74 Å². The predicted molar refractivity (Wildman–Crippen MR) is 118 cm³/mol. The largest absolute Gasteiger partial charge is 0.480 e. The number of hydrogen-bond acceptors (Lipinski definition) is 8. The number of rotatable bonds is 7. The monoisotopic (exact) mass is 474 g/mol. The Balaban J connectivity index is 1.21. The second-order valence-corrected chi connectivity index (χ2v) is 11.1. The Morgan fingerprint density at radius 1 is 1.15 bits per heavy atom. The molecule has 9 nitrogen and oxygen atoms in total. The van der Waals surface area contributed by atoms with Gasteiger partial charge in [-0.2, -0.15) is 0 Å². The third-order valence-corrected chi connectivity index (χ3v) is 7.77. The lowest BCUT2D eigenvalue weighted by atomic mass is 10.1. The van der Waals surface area contributed by atoms with Crippen molar-refractivity contribution in [2.45, 2.75) is 30.6 Å². The van der Waals surface area contributed by atoms with Crippen LogP contribution in [-0.2, 0) is 14.6 Å². The van der Waals surface area contributed by atoms with Crippen molar-refractivity contribution in [2.75, 3.05) is 35.7 Å². The summed E-state index contributed by atoms with van der Waals surface area (Å²) in [6.45, 7) is 1.09. The molecule has 3 aliphatic rings. The zero-order valence-corrected chi connectivity index (χ0v) is 18.8. The predicted octanol–water partition coefficient (Wildman–Crippen LogP) is 1.63. The number of anilines is 2. The Bertz CT molecular complexity index is 1210. The Hall–Kier alpha value is -3.08. The molecule has 3 heterocycles. The van der Waals surface area contributed by atoms with Gasteiger partial charge in [0.15, 0.2) is 21.7 Å². The van der Waals surface area contributed by atoms with Crippen LogP contribution in [0.1, 0.15) is 29.6 Å². The number of aromatic nitrogens is 2. The number of nitrogens with zero attached hydrogens (tertiary/aromatic N) is 4. The minimum Gasteiger partial charge on any atom is -0.480 e. The van der Waals surface area contributed by atoms with Crippen molar-refractivity contribution >= 4 is 33.2 Å². The van der Waals surface area contributed by atoms with E-state index in [2.05, 4.69) is 9.97 Å². The molecule has 5 rings (SSSR count). The summed E-state index contributed by atoms with van der Waals surface area (Å²) in [5.74, 6) is -0.576. The molecule has 11 heteroatoms. The third kappa shape index (κ3) is 4.29. The Morgan fingerprint density at radius 3 is 2.45 bits per heavy atom. The van der Waals surface area contributed by atoms with Gasteiger partial charge in [0.1, 0.15) is 11.6 Å². The first-order chi connectivity index (χ1) is 15.7. The molecule has 1 aromatic carbocycles. The zero-order chi connectivity index (χ0) is 23.3. The maximum atomic E-state index is 14.4. The Labute approximate surface area is 190 Å². The standard InChI is InChI=1S/C22H23FN4O5S/c1-33(30,31)16-11-26(12-16)22-24-9-14(10-25-22)27-7-6-19(21(27)29)32-15-4-5-17(18(23)8-15)20(28)13-2-3-13/h4-5,8-10,13,16,19H,2-3,6-7,11-12H2,1H3/t19-/m1/s1. The van der Waals surface area contributed by atoms with Gasteiger partial charge < -0.3 is 14.5 Å². The molecule has 1 aromatic heterocycles. The van der Waals surface area contributed by atoms with Gasteiger partial charge in [-0.15, -0.1) is 0 Å². The van der Waals surface area contributed by atoms with E-state index >= 15 is 0 Å². The molecule has 1 aliphatic carbocycles. The van der Waals surface area contributed by atoms with Crippen LogP contribution in [0.3, 0.4) is 0 Å². The molecular formula is C22H23FN4O5S. The van der Waals surface area contributed by atoms with Crippen LogP contribution in [0, 0.1) is 11.7 Å². The van der Waals surface area contributed by atoms with E-state index in [1.54, 1.807) is 4.90 Å². The lowest BCUT2D eigenvalue weighted by Crippen LogP contribution is -2.55. The van der Waals surface area contributed by atoms with Crippen LogP contribution in [0.5, 0.6) is 5.75 Å². The summed E-state index contributed by atoms with van der Waals surface area (Å²) in [4.78, 5) is 36.7. The maximum Gasteiger partial charge on any atom is 0.268 e. The van der Waals surface area contributed by atoms with Crippen molar-refractivity contribution < 1.29 is 27.1 Å². The molecule has 33 heavy (non-hydrogen) atoms. The summed E-state index contributed by atoms with van der Waals surface area (Å²) in [5.41, 5.74) is 0.568. The Morgan fingerprint density at radius 2 is 1.85 bits per heavy atom. The van der Waals surface area contributed by atoms with E-state index in [0.29, 0.717) is 37.7 Å². The normalized spacial score (nSPS) is 21.3. The molecular weight excluding hydrogens is 451 g/mol. The number of ketones is 1. The summed E-state index contributed by atoms with van der Waals surface area (Å²) in [7, 11) is -3.08. The second kappa shape index (κ2) is 8.05. The molecule has 1 saturated carbocycles. The quantitative estimate of drug-likeness (QED) is 0.557. The van der Waals surface area contributed by atoms with Crippen LogP contribution in [0.2, 0.25) is 0 Å². The summed E-state index contributed by atoms with van der Waals surface area (Å²) in [6, 6.07) is 4.09. The molecule has 2 saturated heterocycles. The van der Waals surface area contributed by atoms with Gasteiger partial charge in [0.25, 0.3) is 5.91 Å². The molecule has 2 aromatic rings. The fraction of sp³-hybridized carbons (Fsp3) is 0.455. The van der Waals surface area contributed by atoms with Crippen LogP contribution in [-0.4, -0.2) is 67.3 Å². The highest BCUT2D eigenvalue weighted by Gasteiger charge is 2.37. The van der Waals surface area contributed by atoms with Crippen molar-refractivity contribution in [3.8, 4) is 5.75 Å². The summed E-state index contributed by atoms with van der Waals surface area (Å²) >= 11 is 0. The summed E-state index contributed by atoms with van der Waals surface area (Å²) in [6.07, 6.45) is 5.49. The fourth-order valence-electron chi connectivity index (χ4n) is 4.01. The highest BCUT2D eigenvalue weighted by molar-refractivity contribution is 7.91. The molecule has 1 amide bonds. The van der Waals surface area contributed by atoms with Gasteiger partial charge in [-0.25, -0.2) is 22.8 Å². The van der Waals surface area contributed by atoms with Crippen LogP contribution < -0.4 is 14.5 Å². The smallest absolute Gasteiger partial charge is 0.268 e. The maximum absolute atomic E-state index is 14.4. The van der Waals surface area contributed by atoms with Gasteiger partial charge in [-0.1, -0.05) is 0 Å². The number of hydrogen-bond donors (Lipinski definition) is 0. The van der Waals surface area contributed by atoms with E-state index in [-0.39, 0.29) is 28.9 Å². The second-order valence-electron chi connectivity index (χ2n) is 8.76. The lowest BCUT2D eigenvalue weighted by molar-refractivity contribution is -0.122. The van der Waals surface area contributed by atoms with Crippen molar-refractivity contribution in [1.29, 1.82) is 0 Å². The lowest BCUT2D eigenvalue weighted by Gasteiger charge is -2.37. The molecule has 2 aliphatic heterocycles. The summed E-state index contributed by atoms with van der Waals surface area (Å²) < 4.78 is 43.2. The first-order valence-electron chi connectivity index (χ1n) is 10.8. The number of carbonyl (C=O) groups is 2. The number of ether oxygens (including phenoxy) is 1. The van der Waals surface area contributed by atoms with Crippen LogP contribution in [0.4, 0.5) is 16.0 Å². The van der Waals surface area contributed by atoms with Crippen LogP contribution >= 0.6 is 0 Å². The highest BCUT2D eigenvalue weighted by Crippen LogP contribution is 2.34. The van der Waals surface area contributed by atoms with Crippen LogP contribution in [0.15, 0.2) is 30.6 Å². The average molecular weight is 475 g/mol. The molecule has 0 radical (unpaired) electrons. The molecule has 0 bridgehead atoms. The number of benzene rings is 1. The third-order valence-electron chi connectivity index (χ3n) is 6.26. The van der Waals surface area contributed by atoms with Gasteiger partial charge in [-0.05, 0) is 25.0 Å². The van der Waals surface area contributed by atoms with E-state index in [1.807, 2.05) is 0 Å². The van der Waals surface area contributed by atoms with E-state index in [9.17, 15) is 22.4 Å². The first-order valence-corrected chi connectivity index (χ1v) is 12.7. The van der Waals surface area contributed by atoms with E-state index < -0.39 is 27.0 Å². The van der Waals surface area contributed by atoms with Crippen LogP contribution in [0.25, 0.3) is 0 Å². The van der Waals surface area contributed by atoms with Gasteiger partial charge in [-0.3, -0.25) is 9.59 Å². The van der Waals surface area contributed by atoms with Crippen molar-refractivity contribution in [2.24, 2.45) is 5.92 Å². The number of sulfone groups is 1. The van der Waals surface area contributed by atoms with Gasteiger partial charge >= 0.3 is 0 Å². The molecule has 174 valence electrons. The molecule has 3 fully saturated rings. The SMILES string of the molecule is CS(=O)(=O)C1CN(c2ncc(N3CC[C@@H](Oc4ccc(C(=O)C5CC5)c(F)c4)C3=O)cn2)C1. The minimum atomic E-state index is -3.08. The molecule has 0 spiro atoms. The average Bonchev–Trinajstić information content (AvgIpc) is 3.51. The zero-order valence-electron chi connectivity index (χ0n) is 18.0. The van der Waals surface area contributed by atoms with Crippen molar-refractivity contribution in [3.05, 3.63) is 42.0 Å². The molecule has 0 unspecified atom stereocenters. The first kappa shape index (κ1) is 21.7. The number of carbonyl (C=O) groups excluding carboxylic acids is 2. The molecule has 1 atom stereocenters. The van der Waals surface area contributed by atoms with Gasteiger partial charge in [0, 0.05) is 44.3 Å². The number of amides is 1. The van der Waals surface area contributed by atoms with Crippen molar-refractivity contribution in [3.63, 3.8) is 0 Å². The highest BCUT2D eigenvalue weighted by atomic mass is 32.2. The van der Waals surface area contributed by atoms with Crippen molar-refractivity contribution in [1.82, 2.24) is 9.97 Å². The van der Waals surface area contributed by atoms with Gasteiger partial charge in [0.05, 0.1) is 28.9 Å². The molecule has 0 N–H and O–H groups in total. The van der Waals surface area contributed by atoms with Gasteiger partial charge in [0.2, 0.25) is 5.95 Å². The minimum absolute atomic E-state index is 0.0616. The summed E-state index contributed by atoms with van der Waals surface area (Å²) in [5, 5.41) is -0.412. The Kier molecular flexibility index (Phi) is 5.31.